The summed E-state index contributed by atoms with van der Waals surface area (Å²) in [6.45, 7) is 13.7. The highest BCUT2D eigenvalue weighted by atomic mass is 15.2. The fraction of sp³-hybridized carbons (Fsp3) is 0.733. The fourth-order valence-corrected chi connectivity index (χ4v) is 1.93. The molecule has 19 heavy (non-hydrogen) atoms. The van der Waals surface area contributed by atoms with Crippen LogP contribution in [0.3, 0.4) is 0 Å². The number of nitrogens with zero attached hydrogens (tertiary/aromatic N) is 3. The van der Waals surface area contributed by atoms with Crippen LogP contribution >= 0.6 is 0 Å². The average Bonchev–Trinajstić information content (AvgIpc) is 2.39. The lowest BCUT2D eigenvalue weighted by molar-refractivity contribution is 0.709. The second-order valence-electron chi connectivity index (χ2n) is 5.09. The molecule has 1 aromatic heterocycles. The van der Waals surface area contributed by atoms with Gasteiger partial charge in [-0.3, -0.25) is 0 Å². The number of hydrogen-bond donors (Lipinski definition) is 1. The van der Waals surface area contributed by atoms with Gasteiger partial charge in [-0.25, -0.2) is 9.97 Å². The van der Waals surface area contributed by atoms with Crippen LogP contribution in [0.2, 0.25) is 0 Å². The van der Waals surface area contributed by atoms with Crippen molar-refractivity contribution in [3.05, 3.63) is 11.9 Å². The Labute approximate surface area is 117 Å². The molecule has 0 aromatic carbocycles. The third-order valence-electron chi connectivity index (χ3n) is 3.09. The maximum atomic E-state index is 4.71. The minimum Gasteiger partial charge on any atom is -0.370 e. The molecule has 0 bridgehead atoms. The molecule has 0 fully saturated rings. The zero-order valence-electron chi connectivity index (χ0n) is 13.0. The normalized spacial score (nSPS) is 10.8. The van der Waals surface area contributed by atoms with Gasteiger partial charge in [-0.2, -0.15) is 0 Å². The maximum Gasteiger partial charge on any atom is 0.135 e. The zero-order chi connectivity index (χ0) is 14.3. The highest BCUT2D eigenvalue weighted by Crippen LogP contribution is 2.20. The molecule has 0 aliphatic heterocycles. The largest absolute Gasteiger partial charge is 0.370 e. The Morgan fingerprint density at radius 2 is 1.95 bits per heavy atom. The predicted molar refractivity (Wildman–Crippen MR) is 83.1 cm³/mol. The number of aromatic nitrogens is 2. The Morgan fingerprint density at radius 1 is 1.21 bits per heavy atom. The molecule has 4 heteroatoms. The summed E-state index contributed by atoms with van der Waals surface area (Å²) in [4.78, 5) is 11.6. The Bertz CT molecular complexity index is 376. The van der Waals surface area contributed by atoms with Crippen LogP contribution in [0.1, 0.15) is 59.2 Å². The molecule has 0 saturated carbocycles. The number of hydrogen-bond acceptors (Lipinski definition) is 4. The number of nitrogens with one attached hydrogen (secondary N) is 1. The molecule has 0 amide bonds. The summed E-state index contributed by atoms with van der Waals surface area (Å²) >= 11 is 0. The topological polar surface area (TPSA) is 41.0 Å². The minimum absolute atomic E-state index is 0.349. The lowest BCUT2D eigenvalue weighted by Crippen LogP contribution is -2.25. The summed E-state index contributed by atoms with van der Waals surface area (Å²) in [5, 5.41) is 3.30. The monoisotopic (exact) mass is 264 g/mol. The maximum absolute atomic E-state index is 4.71. The summed E-state index contributed by atoms with van der Waals surface area (Å²) in [7, 11) is 0. The molecule has 1 aromatic rings. The van der Waals surface area contributed by atoms with Crippen molar-refractivity contribution >= 4 is 11.6 Å². The Balaban J connectivity index is 3.02. The SMILES string of the molecule is CCCCN(CC)c1cc(NCC)nc(C(C)C)n1. The number of rotatable bonds is 8. The lowest BCUT2D eigenvalue weighted by atomic mass is 10.2. The van der Waals surface area contributed by atoms with Crippen LogP contribution < -0.4 is 10.2 Å². The summed E-state index contributed by atoms with van der Waals surface area (Å²) in [5.74, 6) is 3.25. The van der Waals surface area contributed by atoms with Gasteiger partial charge in [0.05, 0.1) is 0 Å². The van der Waals surface area contributed by atoms with E-state index in [1.165, 1.54) is 12.8 Å². The highest BCUT2D eigenvalue weighted by molar-refractivity contribution is 5.49. The van der Waals surface area contributed by atoms with E-state index in [-0.39, 0.29) is 0 Å². The molecular formula is C15H28N4. The first-order valence-electron chi connectivity index (χ1n) is 7.50. The molecule has 0 atom stereocenters. The van der Waals surface area contributed by atoms with Crippen LogP contribution in [0, 0.1) is 0 Å². The van der Waals surface area contributed by atoms with E-state index in [4.69, 9.17) is 4.98 Å². The summed E-state index contributed by atoms with van der Waals surface area (Å²) in [6, 6.07) is 2.06. The molecule has 108 valence electrons. The van der Waals surface area contributed by atoms with Gasteiger partial charge < -0.3 is 10.2 Å². The van der Waals surface area contributed by atoms with Gasteiger partial charge in [0.1, 0.15) is 17.5 Å². The van der Waals surface area contributed by atoms with Gasteiger partial charge in [0.2, 0.25) is 0 Å². The van der Waals surface area contributed by atoms with Crippen LogP contribution in [0.4, 0.5) is 11.6 Å². The molecule has 1 N–H and O–H groups in total. The van der Waals surface area contributed by atoms with Gasteiger partial charge in [-0.15, -0.1) is 0 Å². The first kappa shape index (κ1) is 15.7. The molecule has 0 unspecified atom stereocenters. The van der Waals surface area contributed by atoms with E-state index in [0.717, 1.165) is 37.1 Å². The van der Waals surface area contributed by atoms with Crippen LogP contribution in [0.5, 0.6) is 0 Å². The highest BCUT2D eigenvalue weighted by Gasteiger charge is 2.12. The third kappa shape index (κ3) is 4.69. The summed E-state index contributed by atoms with van der Waals surface area (Å²) in [5.41, 5.74) is 0. The van der Waals surface area contributed by atoms with Gasteiger partial charge >= 0.3 is 0 Å². The quantitative estimate of drug-likeness (QED) is 0.778. The standard InChI is InChI=1S/C15H28N4/c1-6-9-10-19(8-3)14-11-13(16-7-2)17-15(18-14)12(4)5/h11-12H,6-10H2,1-5H3,(H,16,17,18). The van der Waals surface area contributed by atoms with Gasteiger partial charge in [-0.1, -0.05) is 27.2 Å². The van der Waals surface area contributed by atoms with Gasteiger partial charge in [0.25, 0.3) is 0 Å². The second kappa shape index (κ2) is 7.97. The van der Waals surface area contributed by atoms with Crippen molar-refractivity contribution in [1.29, 1.82) is 0 Å². The smallest absolute Gasteiger partial charge is 0.135 e. The van der Waals surface area contributed by atoms with Crippen LogP contribution in [-0.2, 0) is 0 Å². The Kier molecular flexibility index (Phi) is 6.60. The second-order valence-corrected chi connectivity index (χ2v) is 5.09. The van der Waals surface area contributed by atoms with Crippen LogP contribution in [0.25, 0.3) is 0 Å². The van der Waals surface area contributed by atoms with Crippen LogP contribution in [-0.4, -0.2) is 29.6 Å². The van der Waals surface area contributed by atoms with Crippen LogP contribution in [0.15, 0.2) is 6.07 Å². The van der Waals surface area contributed by atoms with E-state index in [1.54, 1.807) is 0 Å². The van der Waals surface area contributed by atoms with E-state index in [1.807, 2.05) is 0 Å². The van der Waals surface area contributed by atoms with E-state index < -0.39 is 0 Å². The van der Waals surface area contributed by atoms with Crippen molar-refractivity contribution in [3.63, 3.8) is 0 Å². The lowest BCUT2D eigenvalue weighted by Gasteiger charge is -2.23. The van der Waals surface area contributed by atoms with E-state index in [2.05, 4.69) is 55.9 Å². The van der Waals surface area contributed by atoms with Crippen molar-refractivity contribution in [2.45, 2.75) is 53.4 Å². The number of unbranched alkanes of at least 4 members (excludes halogenated alkanes) is 1. The number of anilines is 2. The van der Waals surface area contributed by atoms with Crippen molar-refractivity contribution < 1.29 is 0 Å². The van der Waals surface area contributed by atoms with Crippen molar-refractivity contribution in [2.75, 3.05) is 29.9 Å². The Hall–Kier alpha value is -1.32. The zero-order valence-corrected chi connectivity index (χ0v) is 13.0. The molecule has 1 rings (SSSR count). The first-order chi connectivity index (χ1) is 9.12. The molecule has 0 spiro atoms. The minimum atomic E-state index is 0.349. The molecule has 4 nitrogen and oxygen atoms in total. The Morgan fingerprint density at radius 3 is 2.47 bits per heavy atom. The van der Waals surface area contributed by atoms with Crippen molar-refractivity contribution in [1.82, 2.24) is 9.97 Å². The van der Waals surface area contributed by atoms with E-state index in [0.29, 0.717) is 5.92 Å². The fourth-order valence-electron chi connectivity index (χ4n) is 1.93. The molecule has 1 heterocycles. The molecule has 0 aliphatic rings. The van der Waals surface area contributed by atoms with Crippen molar-refractivity contribution in [2.24, 2.45) is 0 Å². The van der Waals surface area contributed by atoms with Crippen molar-refractivity contribution in [3.8, 4) is 0 Å². The average molecular weight is 264 g/mol. The molecule has 0 radical (unpaired) electrons. The van der Waals surface area contributed by atoms with Gasteiger partial charge in [-0.05, 0) is 20.3 Å². The molecule has 0 saturated heterocycles. The van der Waals surface area contributed by atoms with Gasteiger partial charge in [0, 0.05) is 31.6 Å². The summed E-state index contributed by atoms with van der Waals surface area (Å²) in [6.07, 6.45) is 2.41. The molecule has 0 aliphatic carbocycles. The summed E-state index contributed by atoms with van der Waals surface area (Å²) < 4.78 is 0. The third-order valence-corrected chi connectivity index (χ3v) is 3.09. The van der Waals surface area contributed by atoms with Gasteiger partial charge in [0.15, 0.2) is 0 Å². The van der Waals surface area contributed by atoms with E-state index >= 15 is 0 Å². The first-order valence-corrected chi connectivity index (χ1v) is 7.50. The molecular weight excluding hydrogens is 236 g/mol. The predicted octanol–water partition coefficient (Wildman–Crippen LogP) is 3.66. The van der Waals surface area contributed by atoms with E-state index in [9.17, 15) is 0 Å².